The van der Waals surface area contributed by atoms with E-state index in [1.807, 2.05) is 372 Å². The van der Waals surface area contributed by atoms with Crippen LogP contribution in [-0.2, 0) is 0 Å². The van der Waals surface area contributed by atoms with Crippen molar-refractivity contribution >= 4 is 477 Å². The Morgan fingerprint density at radius 3 is 0.566 bits per heavy atom. The highest BCUT2D eigenvalue weighted by Crippen LogP contribution is 2.32. The largest absolute Gasteiger partial charge is 0.178 e. The van der Waals surface area contributed by atoms with Crippen molar-refractivity contribution in [1.29, 1.82) is 0 Å². The van der Waals surface area contributed by atoms with Crippen LogP contribution in [0.25, 0.3) is 0 Å². The van der Waals surface area contributed by atoms with Crippen LogP contribution in [0, 0.1) is 0 Å². The van der Waals surface area contributed by atoms with E-state index < -0.39 is 0 Å². The molecular weight excluding hydrogens is 2440 g/mol. The highest BCUT2D eigenvalue weighted by molar-refractivity contribution is 8.13. The summed E-state index contributed by atoms with van der Waals surface area (Å²) in [7, 11) is 0. The molecule has 0 heterocycles. The maximum absolute atomic E-state index is 4.57. The van der Waals surface area contributed by atoms with Gasteiger partial charge in [0.25, 0.3) is 0 Å². The molecule has 0 aromatic rings. The van der Waals surface area contributed by atoms with Gasteiger partial charge in [-0.25, -0.2) is 0 Å². The minimum atomic E-state index is 0.450. The van der Waals surface area contributed by atoms with E-state index in [1.165, 1.54) is 80.5 Å². The van der Waals surface area contributed by atoms with E-state index in [1.54, 1.807) is 70.6 Å². The summed E-state index contributed by atoms with van der Waals surface area (Å²) in [5, 5.41) is 33.0. The lowest BCUT2D eigenvalue weighted by Gasteiger charge is -2.16. The molecule has 0 aromatic heterocycles. The summed E-state index contributed by atoms with van der Waals surface area (Å²) in [6, 6.07) is 0. The van der Waals surface area contributed by atoms with Crippen LogP contribution in [-0.4, -0.2) is 340 Å². The molecule has 0 nitrogen and oxygen atoms in total. The number of hydrogen-bond acceptors (Lipinski definition) is 40. The van der Waals surface area contributed by atoms with Gasteiger partial charge in [-0.05, 0) is 102 Å². The van der Waals surface area contributed by atoms with E-state index in [2.05, 4.69) is 292 Å². The summed E-state index contributed by atoms with van der Waals surface area (Å²) < 4.78 is 0. The Hall–Kier alpha value is 9.32. The molecule has 0 aromatic carbocycles. The molecule has 0 bridgehead atoms. The molecule has 0 fully saturated rings. The Morgan fingerprint density at radius 1 is 0.176 bits per heavy atom. The van der Waals surface area contributed by atoms with Crippen LogP contribution in [0.15, 0.2) is 220 Å². The Labute approximate surface area is 1020 Å². The minimum absolute atomic E-state index is 0.450. The van der Waals surface area contributed by atoms with Gasteiger partial charge in [0.15, 0.2) is 0 Å². The molecule has 40 heteroatoms. The molecule has 0 radical (unpaired) electrons. The second kappa shape index (κ2) is 140. The summed E-state index contributed by atoms with van der Waals surface area (Å²) in [5.41, 5.74) is 0. The van der Waals surface area contributed by atoms with E-state index in [0.717, 1.165) is 159 Å². The predicted octanol–water partition coefficient (Wildman–Crippen LogP) is 37.3. The Morgan fingerprint density at radius 2 is 0.346 bits per heavy atom. The number of rotatable bonds is 96. The standard InChI is InChI=1S/C14H26S5.C14H22S5.4C12H22S5.2C10H18S5/c1-5-7-17-9-13(15-3)11-19-12-14(16-4)10-18-8-6-2;1-5-15-9-13(18-7-3)11-17-12-14(19-8-4)10-16-6-2;1-5-15-7-11(13-3)9-17-10-12(14-4)8-16-6-2;1-5-16-11(7-13-3)9-15-10-12(8-14-4)17-6-2;1-3-5-15-7-11(13)9-17-10-12(14)8-16-6-4-2;1-3-5-16-11(7-13)9-15-10-12(8-14)17-6-4-2;1-3-13-5-9(11)7-15-8-10(12)6-14-4-2;1-3-14-9(5-11)7-13-8-10(6-12)15-4-2/h5-6,13-14H,1-2,7-12H2,3-4H3;5-8,13-14H,1-4,9-12H2;2*5-6,11-12H,1-2,7-10H2,3-4H3;2*3-4,11-14H,1-2,5-10H2;2*3-4,9-12H,1-2,5-8H2. The molecule has 0 amide bonds. The van der Waals surface area contributed by atoms with Crippen molar-refractivity contribution in [3.63, 3.8) is 0 Å². The van der Waals surface area contributed by atoms with Crippen molar-refractivity contribution in [3.05, 3.63) is 220 Å². The fraction of sp³-hybridized carbons (Fsp3) is 0.625. The molecular formula is C96H172S40. The second-order valence-corrected chi connectivity index (χ2v) is 66.3. The zero-order valence-electron chi connectivity index (χ0n) is 81.9. The van der Waals surface area contributed by atoms with Crippen molar-refractivity contribution < 1.29 is 0 Å². The molecule has 0 aliphatic heterocycles. The molecule has 0 saturated carbocycles. The third-order valence-corrected chi connectivity index (χ3v) is 58.4. The monoisotopic (exact) mass is 2600 g/mol. The second-order valence-electron chi connectivity index (χ2n) is 26.3. The summed E-state index contributed by atoms with van der Waals surface area (Å²) >= 11 is 96.7. The van der Waals surface area contributed by atoms with Crippen LogP contribution in [0.3, 0.4) is 0 Å². The molecule has 16 atom stereocenters. The fourth-order valence-electron chi connectivity index (χ4n) is 8.48. The Balaban J connectivity index is -0.000000230. The lowest BCUT2D eigenvalue weighted by molar-refractivity contribution is 1.12. The summed E-state index contributed by atoms with van der Waals surface area (Å²) in [6.45, 7) is 67.5. The van der Waals surface area contributed by atoms with E-state index in [-0.39, 0.29) is 0 Å². The lowest BCUT2D eigenvalue weighted by Crippen LogP contribution is -2.14. The summed E-state index contributed by atoms with van der Waals surface area (Å²) in [5.74, 6) is 42.5. The smallest absolute Gasteiger partial charge is 0.0273 e. The Kier molecular flexibility index (Phi) is 166. The highest BCUT2D eigenvalue weighted by atomic mass is 32.2. The lowest BCUT2D eigenvalue weighted by atomic mass is 10.5. The van der Waals surface area contributed by atoms with Crippen molar-refractivity contribution in [2.45, 2.75) is 84.0 Å². The van der Waals surface area contributed by atoms with Crippen molar-refractivity contribution in [2.75, 3.05) is 256 Å². The molecule has 136 heavy (non-hydrogen) atoms. The molecule has 0 rings (SSSR count). The van der Waals surface area contributed by atoms with Gasteiger partial charge in [-0.15, -0.1) is 181 Å². The molecule has 796 valence electrons. The van der Waals surface area contributed by atoms with Crippen LogP contribution >= 0.6 is 477 Å². The first kappa shape index (κ1) is 161. The quantitative estimate of drug-likeness (QED) is 0.0165. The first-order valence-corrected chi connectivity index (χ1v) is 83.5. The van der Waals surface area contributed by atoms with E-state index in [4.69, 9.17) is 0 Å². The van der Waals surface area contributed by atoms with Gasteiger partial charge in [0.2, 0.25) is 0 Å². The van der Waals surface area contributed by atoms with Gasteiger partial charge >= 0.3 is 0 Å². The van der Waals surface area contributed by atoms with Gasteiger partial charge in [0, 0.05) is 303 Å². The first-order valence-electron chi connectivity index (χ1n) is 43.1. The highest BCUT2D eigenvalue weighted by Gasteiger charge is 2.19. The minimum Gasteiger partial charge on any atom is -0.178 e. The molecule has 0 N–H and O–H groups in total. The van der Waals surface area contributed by atoms with Crippen molar-refractivity contribution in [2.24, 2.45) is 0 Å². The predicted molar refractivity (Wildman–Crippen MR) is 779 cm³/mol. The topological polar surface area (TPSA) is 0 Å². The summed E-state index contributed by atoms with van der Waals surface area (Å²) in [4.78, 5) is 0. The zero-order valence-corrected chi connectivity index (χ0v) is 115. The van der Waals surface area contributed by atoms with Gasteiger partial charge in [0.1, 0.15) is 0 Å². The zero-order chi connectivity index (χ0) is 103. The van der Waals surface area contributed by atoms with Gasteiger partial charge in [-0.2, -0.15) is 336 Å². The molecule has 0 spiro atoms. The average molecular weight is 2610 g/mol. The number of thioether (sulfide) groups is 32. The maximum Gasteiger partial charge on any atom is 0.0273 e. The molecule has 0 aliphatic rings. The average Bonchev–Trinajstić information content (AvgIpc) is 0.988. The first-order chi connectivity index (χ1) is 66.1. The third-order valence-electron chi connectivity index (χ3n) is 15.0. The SMILES string of the molecule is C=CCSC(CS)CSCC(CS)SCC=C.C=CCSCC(CSCC(CSCC=C)SC)SC.C=CCSCC(S)CSCC(S)CSCC=C.C=CSC(CS)CSCC(CS)SC=C.C=CSC(CSC)CSCC(CSC)SC=C.C=CSCC(CSCC(CSC=C)SC)SC.C=CSCC(CSCC(CSC=C)SC=C)SC=C.C=CSCC(S)CSCC(S)CSC=C. The number of hydrogen-bond donors (Lipinski definition) is 8. The van der Waals surface area contributed by atoms with Gasteiger partial charge in [0.05, 0.1) is 0 Å². The van der Waals surface area contributed by atoms with Crippen LogP contribution in [0.2, 0.25) is 0 Å². The maximum atomic E-state index is 4.57. The van der Waals surface area contributed by atoms with Crippen LogP contribution < -0.4 is 0 Å². The van der Waals surface area contributed by atoms with Crippen LogP contribution in [0.4, 0.5) is 0 Å². The van der Waals surface area contributed by atoms with Crippen LogP contribution in [0.1, 0.15) is 0 Å². The van der Waals surface area contributed by atoms with Gasteiger partial charge in [-0.3, -0.25) is 0 Å². The number of thiol groups is 8. The van der Waals surface area contributed by atoms with Crippen molar-refractivity contribution in [3.8, 4) is 0 Å². The fourth-order valence-corrected chi connectivity index (χ4v) is 45.7. The Bertz CT molecular complexity index is 2430. The van der Waals surface area contributed by atoms with Gasteiger partial charge < -0.3 is 0 Å². The van der Waals surface area contributed by atoms with E-state index >= 15 is 0 Å². The molecule has 0 saturated heterocycles. The van der Waals surface area contributed by atoms with E-state index in [9.17, 15) is 0 Å². The van der Waals surface area contributed by atoms with E-state index in [0.29, 0.717) is 63.0 Å². The van der Waals surface area contributed by atoms with Crippen LogP contribution in [0.5, 0.6) is 0 Å². The molecule has 16 unspecified atom stereocenters. The molecule has 0 aliphatic carbocycles. The third kappa shape index (κ3) is 130. The van der Waals surface area contributed by atoms with Gasteiger partial charge in [-0.1, -0.05) is 115 Å². The van der Waals surface area contributed by atoms with Crippen molar-refractivity contribution in [1.82, 2.24) is 0 Å². The normalized spacial score (nSPS) is 14.2. The summed E-state index contributed by atoms with van der Waals surface area (Å²) in [6.07, 6.45) is 25.0.